The highest BCUT2D eigenvalue weighted by molar-refractivity contribution is 5.18. The average molecular weight is 270 g/mol. The van der Waals surface area contributed by atoms with E-state index in [0.29, 0.717) is 5.56 Å². The number of aliphatic hydroxyl groups excluding tert-OH is 2. The van der Waals surface area contributed by atoms with Crippen LogP contribution in [-0.2, 0) is 6.42 Å². The lowest BCUT2D eigenvalue weighted by Crippen LogP contribution is -2.36. The second-order valence-electron chi connectivity index (χ2n) is 5.41. The van der Waals surface area contributed by atoms with Crippen LogP contribution in [0, 0.1) is 17.6 Å². The van der Waals surface area contributed by atoms with Gasteiger partial charge in [-0.3, -0.25) is 0 Å². The van der Waals surface area contributed by atoms with E-state index in [1.165, 1.54) is 12.5 Å². The first-order chi connectivity index (χ1) is 9.08. The normalized spacial score (nSPS) is 20.2. The van der Waals surface area contributed by atoms with Gasteiger partial charge in [-0.05, 0) is 36.5 Å². The van der Waals surface area contributed by atoms with Crippen LogP contribution in [0.1, 0.15) is 37.7 Å². The molecule has 2 rings (SSSR count). The Morgan fingerprint density at radius 2 is 1.74 bits per heavy atom. The molecule has 2 atom stereocenters. The SMILES string of the molecule is OC(Cc1ccc(F)c(F)c1)C(O)C1CCCCC1. The van der Waals surface area contributed by atoms with E-state index in [1.54, 1.807) is 0 Å². The molecule has 1 fully saturated rings. The largest absolute Gasteiger partial charge is 0.390 e. The summed E-state index contributed by atoms with van der Waals surface area (Å²) in [6, 6.07) is 3.56. The van der Waals surface area contributed by atoms with E-state index < -0.39 is 23.8 Å². The van der Waals surface area contributed by atoms with Gasteiger partial charge in [0.15, 0.2) is 11.6 Å². The fourth-order valence-corrected chi connectivity index (χ4v) is 2.82. The van der Waals surface area contributed by atoms with E-state index in [4.69, 9.17) is 0 Å². The first kappa shape index (κ1) is 14.4. The zero-order valence-corrected chi connectivity index (χ0v) is 10.9. The Hall–Kier alpha value is -1.00. The first-order valence-corrected chi connectivity index (χ1v) is 6.88. The third kappa shape index (κ3) is 3.74. The topological polar surface area (TPSA) is 40.5 Å². The van der Waals surface area contributed by atoms with Crippen molar-refractivity contribution in [3.63, 3.8) is 0 Å². The molecule has 0 spiro atoms. The Labute approximate surface area is 112 Å². The number of rotatable bonds is 4. The summed E-state index contributed by atoms with van der Waals surface area (Å²) in [6.45, 7) is 0. The summed E-state index contributed by atoms with van der Waals surface area (Å²) in [5, 5.41) is 20.1. The smallest absolute Gasteiger partial charge is 0.159 e. The van der Waals surface area contributed by atoms with Gasteiger partial charge < -0.3 is 10.2 Å². The van der Waals surface area contributed by atoms with Crippen molar-refractivity contribution in [2.45, 2.75) is 50.7 Å². The van der Waals surface area contributed by atoms with E-state index >= 15 is 0 Å². The third-order valence-electron chi connectivity index (χ3n) is 3.96. The van der Waals surface area contributed by atoms with Gasteiger partial charge in [0.2, 0.25) is 0 Å². The molecule has 0 amide bonds. The Balaban J connectivity index is 1.95. The van der Waals surface area contributed by atoms with Gasteiger partial charge in [0.05, 0.1) is 12.2 Å². The maximum Gasteiger partial charge on any atom is 0.159 e. The number of benzene rings is 1. The van der Waals surface area contributed by atoms with Crippen LogP contribution in [0.5, 0.6) is 0 Å². The summed E-state index contributed by atoms with van der Waals surface area (Å²) in [6.07, 6.45) is 3.64. The van der Waals surface area contributed by atoms with Crippen molar-refractivity contribution in [3.8, 4) is 0 Å². The molecule has 106 valence electrons. The molecule has 0 heterocycles. The van der Waals surface area contributed by atoms with Crippen LogP contribution in [0.25, 0.3) is 0 Å². The second kappa shape index (κ2) is 6.44. The lowest BCUT2D eigenvalue weighted by atomic mass is 9.82. The fraction of sp³-hybridized carbons (Fsp3) is 0.600. The quantitative estimate of drug-likeness (QED) is 0.883. The summed E-state index contributed by atoms with van der Waals surface area (Å²) in [5.74, 6) is -1.70. The molecule has 19 heavy (non-hydrogen) atoms. The average Bonchev–Trinajstić information content (AvgIpc) is 2.43. The van der Waals surface area contributed by atoms with Crippen LogP contribution in [-0.4, -0.2) is 22.4 Å². The Morgan fingerprint density at radius 3 is 2.37 bits per heavy atom. The standard InChI is InChI=1S/C15H20F2O2/c16-12-7-6-10(8-13(12)17)9-14(18)15(19)11-4-2-1-3-5-11/h6-8,11,14-15,18-19H,1-5,9H2. The van der Waals surface area contributed by atoms with Gasteiger partial charge in [-0.2, -0.15) is 0 Å². The highest BCUT2D eigenvalue weighted by Gasteiger charge is 2.27. The zero-order chi connectivity index (χ0) is 13.8. The lowest BCUT2D eigenvalue weighted by molar-refractivity contribution is -0.0263. The maximum absolute atomic E-state index is 13.1. The van der Waals surface area contributed by atoms with Crippen LogP contribution in [0.4, 0.5) is 8.78 Å². The van der Waals surface area contributed by atoms with Gasteiger partial charge in [0.25, 0.3) is 0 Å². The van der Waals surface area contributed by atoms with Gasteiger partial charge in [-0.15, -0.1) is 0 Å². The minimum absolute atomic E-state index is 0.119. The summed E-state index contributed by atoms with van der Waals surface area (Å²) < 4.78 is 25.9. The molecule has 0 aromatic heterocycles. The molecule has 1 aromatic carbocycles. The van der Waals surface area contributed by atoms with Crippen molar-refractivity contribution < 1.29 is 19.0 Å². The molecule has 0 bridgehead atoms. The predicted molar refractivity (Wildman–Crippen MR) is 68.7 cm³/mol. The van der Waals surface area contributed by atoms with Gasteiger partial charge in [0.1, 0.15) is 0 Å². The van der Waals surface area contributed by atoms with Crippen molar-refractivity contribution in [1.29, 1.82) is 0 Å². The van der Waals surface area contributed by atoms with E-state index in [0.717, 1.165) is 37.8 Å². The summed E-state index contributed by atoms with van der Waals surface area (Å²) >= 11 is 0. The molecule has 2 nitrogen and oxygen atoms in total. The minimum atomic E-state index is -0.923. The molecule has 0 aliphatic heterocycles. The first-order valence-electron chi connectivity index (χ1n) is 6.88. The van der Waals surface area contributed by atoms with Crippen LogP contribution in [0.3, 0.4) is 0 Å². The zero-order valence-electron chi connectivity index (χ0n) is 10.9. The maximum atomic E-state index is 13.1. The Morgan fingerprint density at radius 1 is 1.05 bits per heavy atom. The van der Waals surface area contributed by atoms with Crippen molar-refractivity contribution in [2.75, 3.05) is 0 Å². The van der Waals surface area contributed by atoms with E-state index in [2.05, 4.69) is 0 Å². The number of halogens is 2. The van der Waals surface area contributed by atoms with Crippen LogP contribution < -0.4 is 0 Å². The summed E-state index contributed by atoms with van der Waals surface area (Å²) in [4.78, 5) is 0. The monoisotopic (exact) mass is 270 g/mol. The van der Waals surface area contributed by atoms with E-state index in [9.17, 15) is 19.0 Å². The van der Waals surface area contributed by atoms with Gasteiger partial charge in [0, 0.05) is 6.42 Å². The molecule has 2 unspecified atom stereocenters. The third-order valence-corrected chi connectivity index (χ3v) is 3.96. The highest BCUT2D eigenvalue weighted by atomic mass is 19.2. The summed E-state index contributed by atoms with van der Waals surface area (Å²) in [7, 11) is 0. The van der Waals surface area contributed by atoms with Crippen molar-refractivity contribution in [3.05, 3.63) is 35.4 Å². The molecule has 2 N–H and O–H groups in total. The summed E-state index contributed by atoms with van der Waals surface area (Å²) in [5.41, 5.74) is 0.501. The van der Waals surface area contributed by atoms with Gasteiger partial charge in [-0.25, -0.2) is 8.78 Å². The lowest BCUT2D eigenvalue weighted by Gasteiger charge is -2.29. The van der Waals surface area contributed by atoms with E-state index in [-0.39, 0.29) is 12.3 Å². The van der Waals surface area contributed by atoms with Crippen LogP contribution >= 0.6 is 0 Å². The van der Waals surface area contributed by atoms with Crippen LogP contribution in [0.15, 0.2) is 18.2 Å². The van der Waals surface area contributed by atoms with Crippen molar-refractivity contribution in [1.82, 2.24) is 0 Å². The minimum Gasteiger partial charge on any atom is -0.390 e. The molecule has 1 aromatic rings. The molecule has 0 radical (unpaired) electrons. The molecule has 0 saturated heterocycles. The fourth-order valence-electron chi connectivity index (χ4n) is 2.82. The van der Waals surface area contributed by atoms with E-state index in [1.807, 2.05) is 0 Å². The van der Waals surface area contributed by atoms with Gasteiger partial charge in [-0.1, -0.05) is 25.3 Å². The Bertz CT molecular complexity index is 417. The second-order valence-corrected chi connectivity index (χ2v) is 5.41. The van der Waals surface area contributed by atoms with Crippen molar-refractivity contribution in [2.24, 2.45) is 5.92 Å². The molecular weight excluding hydrogens is 250 g/mol. The predicted octanol–water partition coefficient (Wildman–Crippen LogP) is 2.81. The molecule has 1 saturated carbocycles. The van der Waals surface area contributed by atoms with Crippen molar-refractivity contribution >= 4 is 0 Å². The molecule has 4 heteroatoms. The molecular formula is C15H20F2O2. The highest BCUT2D eigenvalue weighted by Crippen LogP contribution is 2.28. The number of hydrogen-bond acceptors (Lipinski definition) is 2. The number of aliphatic hydroxyl groups is 2. The van der Waals surface area contributed by atoms with Gasteiger partial charge >= 0.3 is 0 Å². The molecule has 1 aliphatic rings. The Kier molecular flexibility index (Phi) is 4.88. The van der Waals surface area contributed by atoms with Crippen LogP contribution in [0.2, 0.25) is 0 Å². The molecule has 1 aliphatic carbocycles. The number of hydrogen-bond donors (Lipinski definition) is 2.